The Morgan fingerprint density at radius 2 is 1.50 bits per heavy atom. The van der Waals surface area contributed by atoms with E-state index < -0.39 is 5.63 Å². The van der Waals surface area contributed by atoms with Crippen LogP contribution in [-0.2, 0) is 0 Å². The van der Waals surface area contributed by atoms with Crippen molar-refractivity contribution in [3.8, 4) is 11.1 Å². The highest BCUT2D eigenvalue weighted by molar-refractivity contribution is 6.50. The topological polar surface area (TPSA) is 43.1 Å². The first-order chi connectivity index (χ1) is 12.7. The molecule has 0 atom stereocenters. The molecule has 0 saturated heterocycles. The Labute approximate surface area is 155 Å². The summed E-state index contributed by atoms with van der Waals surface area (Å²) in [6.45, 7) is 0. The molecule has 0 bridgehead atoms. The maximum absolute atomic E-state index is 12.1. The summed E-state index contributed by atoms with van der Waals surface area (Å²) in [5.74, 6) is 0.113. The molecule has 26 heavy (non-hydrogen) atoms. The molecule has 0 saturated carbocycles. The Morgan fingerprint density at radius 1 is 0.846 bits per heavy atom. The van der Waals surface area contributed by atoms with Gasteiger partial charge < -0.3 is 4.42 Å². The quantitative estimate of drug-likeness (QED) is 0.478. The molecule has 3 nitrogen and oxygen atoms in total. The molecule has 1 aromatic heterocycles. The lowest BCUT2D eigenvalue weighted by atomic mass is 10.0. The number of nitrogens with zero attached hydrogens (tertiary/aromatic N) is 1. The lowest BCUT2D eigenvalue weighted by molar-refractivity contribution is 0.489. The summed E-state index contributed by atoms with van der Waals surface area (Å²) < 4.78 is 5.25. The Bertz CT molecular complexity index is 1150. The third kappa shape index (κ3) is 3.30. The molecule has 0 unspecified atom stereocenters. The summed E-state index contributed by atoms with van der Waals surface area (Å²) in [6.07, 6.45) is 1.73. The first-order valence-corrected chi connectivity index (χ1v) is 8.51. The first kappa shape index (κ1) is 16.3. The summed E-state index contributed by atoms with van der Waals surface area (Å²) in [5.41, 5.74) is 3.28. The zero-order chi connectivity index (χ0) is 17.9. The summed E-state index contributed by atoms with van der Waals surface area (Å²) in [7, 11) is 0. The second kappa shape index (κ2) is 6.98. The van der Waals surface area contributed by atoms with E-state index in [1.54, 1.807) is 24.3 Å². The van der Waals surface area contributed by atoms with Gasteiger partial charge in [0.1, 0.15) is 5.03 Å². The van der Waals surface area contributed by atoms with Crippen molar-refractivity contribution in [3.05, 3.63) is 101 Å². The van der Waals surface area contributed by atoms with Crippen LogP contribution in [0.3, 0.4) is 0 Å². The average Bonchev–Trinajstić information content (AvgIpc) is 2.69. The van der Waals surface area contributed by atoms with Gasteiger partial charge in [-0.1, -0.05) is 78.3 Å². The number of benzene rings is 3. The fraction of sp³-hybridized carbons (Fsp3) is 0. The molecule has 0 fully saturated rings. The predicted octanol–water partition coefficient (Wildman–Crippen LogP) is 5.59. The van der Waals surface area contributed by atoms with E-state index in [1.807, 2.05) is 48.5 Å². The molecule has 3 aromatic carbocycles. The van der Waals surface area contributed by atoms with Gasteiger partial charge in [0.05, 0.1) is 10.9 Å². The SMILES string of the molecule is O=c1oc(/C(Cl)=C/c2ccc(-c3ccccc3)cc2)nc2ccccc12. The van der Waals surface area contributed by atoms with Crippen LogP contribution in [0.5, 0.6) is 0 Å². The van der Waals surface area contributed by atoms with Gasteiger partial charge >= 0.3 is 5.63 Å². The Balaban J connectivity index is 1.67. The van der Waals surface area contributed by atoms with Crippen LogP contribution in [0.2, 0.25) is 0 Å². The summed E-state index contributed by atoms with van der Waals surface area (Å²) >= 11 is 6.34. The van der Waals surface area contributed by atoms with Gasteiger partial charge in [-0.2, -0.15) is 0 Å². The second-order valence-corrected chi connectivity index (χ2v) is 6.21. The molecule has 126 valence electrons. The van der Waals surface area contributed by atoms with Crippen LogP contribution in [0.1, 0.15) is 11.5 Å². The molecule has 0 aliphatic heterocycles. The van der Waals surface area contributed by atoms with E-state index in [9.17, 15) is 4.79 Å². The number of para-hydroxylation sites is 1. The van der Waals surface area contributed by atoms with E-state index >= 15 is 0 Å². The maximum Gasteiger partial charge on any atom is 0.347 e. The van der Waals surface area contributed by atoms with Crippen molar-refractivity contribution in [3.63, 3.8) is 0 Å². The molecular weight excluding hydrogens is 346 g/mol. The van der Waals surface area contributed by atoms with Gasteiger partial charge in [-0.25, -0.2) is 9.78 Å². The third-order valence-electron chi connectivity index (χ3n) is 4.05. The van der Waals surface area contributed by atoms with Crippen LogP contribution in [0.4, 0.5) is 0 Å². The normalized spacial score (nSPS) is 11.7. The van der Waals surface area contributed by atoms with Gasteiger partial charge in [0.25, 0.3) is 0 Å². The lowest BCUT2D eigenvalue weighted by Crippen LogP contribution is -2.03. The zero-order valence-electron chi connectivity index (χ0n) is 13.7. The molecule has 1 heterocycles. The van der Waals surface area contributed by atoms with E-state index in [2.05, 4.69) is 17.1 Å². The molecule has 0 radical (unpaired) electrons. The smallest absolute Gasteiger partial charge is 0.347 e. The monoisotopic (exact) mass is 359 g/mol. The van der Waals surface area contributed by atoms with Gasteiger partial charge in [-0.15, -0.1) is 0 Å². The minimum Gasteiger partial charge on any atom is -0.402 e. The van der Waals surface area contributed by atoms with E-state index in [1.165, 1.54) is 0 Å². The van der Waals surface area contributed by atoms with Crippen LogP contribution in [-0.4, -0.2) is 4.98 Å². The van der Waals surface area contributed by atoms with Crippen molar-refractivity contribution < 1.29 is 4.42 Å². The molecular formula is C22H14ClNO2. The molecule has 0 amide bonds. The van der Waals surface area contributed by atoms with E-state index in [0.717, 1.165) is 16.7 Å². The predicted molar refractivity (Wildman–Crippen MR) is 106 cm³/mol. The minimum atomic E-state index is -0.448. The van der Waals surface area contributed by atoms with Crippen LogP contribution in [0.25, 0.3) is 33.1 Å². The van der Waals surface area contributed by atoms with Crippen LogP contribution < -0.4 is 5.63 Å². The summed E-state index contributed by atoms with van der Waals surface area (Å²) in [5, 5.41) is 0.716. The number of hydrogen-bond donors (Lipinski definition) is 0. The van der Waals surface area contributed by atoms with Gasteiger partial charge in [0.2, 0.25) is 5.89 Å². The van der Waals surface area contributed by atoms with Crippen molar-refractivity contribution in [1.29, 1.82) is 0 Å². The van der Waals surface area contributed by atoms with Gasteiger partial charge in [0.15, 0.2) is 0 Å². The van der Waals surface area contributed by atoms with E-state index in [-0.39, 0.29) is 10.9 Å². The van der Waals surface area contributed by atoms with Gasteiger partial charge in [0, 0.05) is 0 Å². The minimum absolute atomic E-state index is 0.113. The van der Waals surface area contributed by atoms with Crippen LogP contribution in [0.15, 0.2) is 88.1 Å². The lowest BCUT2D eigenvalue weighted by Gasteiger charge is -2.03. The molecule has 4 heteroatoms. The van der Waals surface area contributed by atoms with Crippen molar-refractivity contribution in [1.82, 2.24) is 4.98 Å². The number of rotatable bonds is 3. The third-order valence-corrected chi connectivity index (χ3v) is 4.32. The molecule has 0 aliphatic carbocycles. The van der Waals surface area contributed by atoms with Gasteiger partial charge in [-0.3, -0.25) is 0 Å². The highest BCUT2D eigenvalue weighted by Gasteiger charge is 2.09. The van der Waals surface area contributed by atoms with Crippen molar-refractivity contribution in [2.24, 2.45) is 0 Å². The molecule has 0 spiro atoms. The maximum atomic E-state index is 12.1. The number of aromatic nitrogens is 1. The fourth-order valence-corrected chi connectivity index (χ4v) is 2.94. The summed E-state index contributed by atoms with van der Waals surface area (Å²) in [6, 6.07) is 25.1. The molecule has 4 aromatic rings. The molecule has 4 rings (SSSR count). The largest absolute Gasteiger partial charge is 0.402 e. The fourth-order valence-electron chi connectivity index (χ4n) is 2.73. The van der Waals surface area contributed by atoms with Gasteiger partial charge in [-0.05, 0) is 34.9 Å². The van der Waals surface area contributed by atoms with Crippen molar-refractivity contribution in [2.45, 2.75) is 0 Å². The van der Waals surface area contributed by atoms with Crippen LogP contribution >= 0.6 is 11.6 Å². The second-order valence-electron chi connectivity index (χ2n) is 5.80. The average molecular weight is 360 g/mol. The van der Waals surface area contributed by atoms with Crippen molar-refractivity contribution in [2.75, 3.05) is 0 Å². The highest BCUT2D eigenvalue weighted by atomic mass is 35.5. The van der Waals surface area contributed by atoms with Crippen molar-refractivity contribution >= 4 is 33.6 Å². The Morgan fingerprint density at radius 3 is 2.27 bits per heavy atom. The Kier molecular flexibility index (Phi) is 4.38. The van der Waals surface area contributed by atoms with E-state index in [0.29, 0.717) is 10.9 Å². The first-order valence-electron chi connectivity index (χ1n) is 8.14. The number of hydrogen-bond acceptors (Lipinski definition) is 3. The van der Waals surface area contributed by atoms with Crippen LogP contribution in [0, 0.1) is 0 Å². The molecule has 0 N–H and O–H groups in total. The summed E-state index contributed by atoms with van der Waals surface area (Å²) in [4.78, 5) is 16.4. The standard InChI is InChI=1S/C22H14ClNO2/c23-19(21-24-20-9-5-4-8-18(20)22(25)26-21)14-15-10-12-17(13-11-15)16-6-2-1-3-7-16/h1-14H/b19-14-. The number of fused-ring (bicyclic) bond motifs is 1. The Hall–Kier alpha value is -3.17. The van der Waals surface area contributed by atoms with E-state index in [4.69, 9.17) is 16.0 Å². The number of halogens is 1. The highest BCUT2D eigenvalue weighted by Crippen LogP contribution is 2.24. The zero-order valence-corrected chi connectivity index (χ0v) is 14.5. The molecule has 0 aliphatic rings.